The summed E-state index contributed by atoms with van der Waals surface area (Å²) in [5.74, 6) is 0. The molecule has 2 aliphatic heterocycles. The molecule has 3 atom stereocenters. The van der Waals surface area contributed by atoms with Crippen LogP contribution in [0.25, 0.3) is 26.0 Å². The monoisotopic (exact) mass is 468 g/mol. The normalized spacial score (nSPS) is 27.3. The first kappa shape index (κ1) is 20.0. The van der Waals surface area contributed by atoms with E-state index in [2.05, 4.69) is 46.3 Å². The summed E-state index contributed by atoms with van der Waals surface area (Å²) in [7, 11) is 2.15. The molecule has 0 spiro atoms. The smallest absolute Gasteiger partial charge is 0.260 e. The molecule has 6 heterocycles. The molecule has 0 aromatic carbocycles. The zero-order valence-electron chi connectivity index (χ0n) is 18.1. The minimum absolute atomic E-state index is 0.179. The third kappa shape index (κ3) is 3.26. The van der Waals surface area contributed by atoms with Gasteiger partial charge in [-0.3, -0.25) is 9.89 Å². The third-order valence-electron chi connectivity index (χ3n) is 6.82. The Morgan fingerprint density at radius 1 is 1.16 bits per heavy atom. The van der Waals surface area contributed by atoms with Gasteiger partial charge < -0.3 is 10.2 Å². The summed E-state index contributed by atoms with van der Waals surface area (Å²) in [6, 6.07) is 1.95. The average molecular weight is 469 g/mol. The maximum absolute atomic E-state index is 12.7. The number of thiazole rings is 2. The molecule has 2 aliphatic rings. The number of hydrogen-bond donors (Lipinski definition) is 2. The van der Waals surface area contributed by atoms with Crippen molar-refractivity contribution in [2.24, 2.45) is 0 Å². The first-order valence-corrected chi connectivity index (χ1v) is 12.3. The maximum Gasteiger partial charge on any atom is 0.260 e. The van der Waals surface area contributed by atoms with Crippen LogP contribution in [0.5, 0.6) is 0 Å². The molecular formula is C21H24N8OS2. The van der Waals surface area contributed by atoms with Crippen LogP contribution >= 0.6 is 22.7 Å². The van der Waals surface area contributed by atoms with E-state index in [1.807, 2.05) is 0 Å². The molecule has 4 aromatic rings. The molecule has 1 unspecified atom stereocenters. The van der Waals surface area contributed by atoms with E-state index >= 15 is 0 Å². The second kappa shape index (κ2) is 6.93. The minimum atomic E-state index is -0.179. The largest absolute Gasteiger partial charge is 0.348 e. The van der Waals surface area contributed by atoms with Crippen molar-refractivity contribution in [3.8, 4) is 16.4 Å². The first-order chi connectivity index (χ1) is 15.3. The van der Waals surface area contributed by atoms with E-state index < -0.39 is 0 Å². The summed E-state index contributed by atoms with van der Waals surface area (Å²) in [5, 5.41) is 12.1. The van der Waals surface area contributed by atoms with Crippen molar-refractivity contribution in [3.05, 3.63) is 35.1 Å². The first-order valence-electron chi connectivity index (χ1n) is 10.7. The van der Waals surface area contributed by atoms with Gasteiger partial charge in [0.25, 0.3) is 5.56 Å². The Morgan fingerprint density at radius 3 is 2.56 bits per heavy atom. The summed E-state index contributed by atoms with van der Waals surface area (Å²) in [4.78, 5) is 30.7. The second-order valence-corrected chi connectivity index (χ2v) is 11.4. The highest BCUT2D eigenvalue weighted by Crippen LogP contribution is 2.44. The molecule has 2 bridgehead atoms. The molecule has 0 amide bonds. The molecule has 6 rings (SSSR count). The van der Waals surface area contributed by atoms with Gasteiger partial charge in [-0.2, -0.15) is 5.10 Å². The van der Waals surface area contributed by atoms with Gasteiger partial charge >= 0.3 is 0 Å². The van der Waals surface area contributed by atoms with Gasteiger partial charge in [0, 0.05) is 42.0 Å². The fourth-order valence-corrected chi connectivity index (χ4v) is 7.27. The average Bonchev–Trinajstić information content (AvgIpc) is 3.50. The van der Waals surface area contributed by atoms with Crippen LogP contribution in [0.15, 0.2) is 29.6 Å². The quantitative estimate of drug-likeness (QED) is 0.474. The van der Waals surface area contributed by atoms with E-state index in [0.717, 1.165) is 33.2 Å². The molecule has 0 radical (unpaired) electrons. The lowest BCUT2D eigenvalue weighted by atomic mass is 9.84. The van der Waals surface area contributed by atoms with E-state index in [4.69, 9.17) is 9.97 Å². The van der Waals surface area contributed by atoms with Gasteiger partial charge in [-0.1, -0.05) is 22.7 Å². The summed E-state index contributed by atoms with van der Waals surface area (Å²) in [6.45, 7) is 4.69. The van der Waals surface area contributed by atoms with Gasteiger partial charge in [0.05, 0.1) is 11.9 Å². The van der Waals surface area contributed by atoms with Crippen molar-refractivity contribution in [1.82, 2.24) is 35.0 Å². The minimum Gasteiger partial charge on any atom is -0.348 e. The van der Waals surface area contributed by atoms with E-state index in [9.17, 15) is 4.79 Å². The number of anilines is 1. The molecule has 2 saturated heterocycles. The van der Waals surface area contributed by atoms with Crippen LogP contribution in [0, 0.1) is 0 Å². The molecule has 2 fully saturated rings. The molecule has 0 saturated carbocycles. The number of aromatic nitrogens is 6. The predicted molar refractivity (Wildman–Crippen MR) is 127 cm³/mol. The fourth-order valence-electron chi connectivity index (χ4n) is 5.22. The Kier molecular flexibility index (Phi) is 4.33. The molecule has 2 N–H and O–H groups in total. The number of nitrogens with zero attached hydrogens (tertiary/aromatic N) is 6. The molecule has 166 valence electrons. The van der Waals surface area contributed by atoms with Crippen molar-refractivity contribution in [2.75, 3.05) is 11.9 Å². The Morgan fingerprint density at radius 2 is 1.91 bits per heavy atom. The van der Waals surface area contributed by atoms with Crippen molar-refractivity contribution < 1.29 is 0 Å². The topological polar surface area (TPSA) is 105 Å². The van der Waals surface area contributed by atoms with Gasteiger partial charge in [0.15, 0.2) is 14.8 Å². The molecule has 4 aromatic heterocycles. The van der Waals surface area contributed by atoms with Crippen molar-refractivity contribution in [3.63, 3.8) is 0 Å². The number of hydrogen-bond acceptors (Lipinski definition) is 9. The molecule has 32 heavy (non-hydrogen) atoms. The highest BCUT2D eigenvalue weighted by Gasteiger charge is 2.49. The van der Waals surface area contributed by atoms with Crippen LogP contribution in [-0.2, 0) is 0 Å². The fraction of sp³-hybridized carbons (Fsp3) is 0.476. The number of piperidine rings is 1. The van der Waals surface area contributed by atoms with Gasteiger partial charge in [0.1, 0.15) is 6.33 Å². The molecular weight excluding hydrogens is 444 g/mol. The van der Waals surface area contributed by atoms with Gasteiger partial charge in [-0.05, 0) is 39.5 Å². The predicted octanol–water partition coefficient (Wildman–Crippen LogP) is 3.19. The van der Waals surface area contributed by atoms with Crippen molar-refractivity contribution in [2.45, 2.75) is 56.7 Å². The zero-order chi connectivity index (χ0) is 22.1. The Balaban J connectivity index is 1.27. The molecule has 11 heteroatoms. The summed E-state index contributed by atoms with van der Waals surface area (Å²) < 4.78 is 1.47. The molecule has 9 nitrogen and oxygen atoms in total. The summed E-state index contributed by atoms with van der Waals surface area (Å²) in [5.41, 5.74) is 1.60. The lowest BCUT2D eigenvalue weighted by molar-refractivity contribution is 0.208. The van der Waals surface area contributed by atoms with Crippen LogP contribution in [0.2, 0.25) is 0 Å². The van der Waals surface area contributed by atoms with Crippen molar-refractivity contribution >= 4 is 37.5 Å². The van der Waals surface area contributed by atoms with E-state index in [1.54, 1.807) is 23.7 Å². The second-order valence-electron chi connectivity index (χ2n) is 9.49. The van der Waals surface area contributed by atoms with Crippen LogP contribution in [0.3, 0.4) is 0 Å². The number of H-pyrrole nitrogens is 1. The Bertz CT molecular complexity index is 1310. The van der Waals surface area contributed by atoms with E-state index in [0.29, 0.717) is 16.9 Å². The summed E-state index contributed by atoms with van der Waals surface area (Å²) in [6.07, 6.45) is 9.57. The highest BCUT2D eigenvalue weighted by atomic mass is 32.1. The van der Waals surface area contributed by atoms with Gasteiger partial charge in [0.2, 0.25) is 5.13 Å². The van der Waals surface area contributed by atoms with Crippen LogP contribution in [-0.4, -0.2) is 53.9 Å². The van der Waals surface area contributed by atoms with Crippen LogP contribution in [0.4, 0.5) is 5.13 Å². The lowest BCUT2D eigenvalue weighted by Gasteiger charge is -2.45. The summed E-state index contributed by atoms with van der Waals surface area (Å²) >= 11 is 3.01. The lowest BCUT2D eigenvalue weighted by Crippen LogP contribution is -2.58. The van der Waals surface area contributed by atoms with Crippen molar-refractivity contribution in [1.29, 1.82) is 0 Å². The third-order valence-corrected chi connectivity index (χ3v) is 8.93. The van der Waals surface area contributed by atoms with Crippen LogP contribution in [0.1, 0.15) is 39.5 Å². The van der Waals surface area contributed by atoms with Gasteiger partial charge in [-0.15, -0.1) is 0 Å². The Hall–Kier alpha value is -2.63. The van der Waals surface area contributed by atoms with E-state index in [-0.39, 0.29) is 16.6 Å². The standard InChI is InChI=1S/C21H24N8OS2/c1-20-4-5-21(2,27-20)8-13(7-20)28(3)18-25-16-17(31-18)26-19(32-16)29-11-22-14(6-15(29)30)12-9-23-24-10-12/h6,9-11,13,27H,4-5,7-8H2,1-3H3,(H,23,24)/t13?,20-,21+. The highest BCUT2D eigenvalue weighted by molar-refractivity contribution is 7.29. The SMILES string of the molecule is CN(c1nc2sc(-n3cnc(-c4cn[nH]c4)cc3=O)nc2s1)C1C[C@]2(C)CC[C@](C)(C1)N2. The van der Waals surface area contributed by atoms with Gasteiger partial charge in [-0.25, -0.2) is 19.5 Å². The van der Waals surface area contributed by atoms with E-state index in [1.165, 1.54) is 41.1 Å². The number of nitrogens with one attached hydrogen (secondary N) is 2. The number of fused-ring (bicyclic) bond motifs is 3. The Labute approximate surface area is 192 Å². The van der Waals surface area contributed by atoms with Crippen LogP contribution < -0.4 is 15.8 Å². The maximum atomic E-state index is 12.7. The number of rotatable bonds is 4. The molecule has 0 aliphatic carbocycles. The number of aromatic amines is 1. The zero-order valence-corrected chi connectivity index (χ0v) is 19.8.